The van der Waals surface area contributed by atoms with E-state index in [0.29, 0.717) is 18.6 Å². The first kappa shape index (κ1) is 20.2. The van der Waals surface area contributed by atoms with Crippen LogP contribution < -0.4 is 5.32 Å². The molecular weight excluding hydrogens is 314 g/mol. The molecule has 0 aromatic rings. The van der Waals surface area contributed by atoms with Crippen molar-refractivity contribution in [1.29, 1.82) is 5.26 Å². The summed E-state index contributed by atoms with van der Waals surface area (Å²) in [5, 5.41) is 12.3. The number of amides is 1. The van der Waals surface area contributed by atoms with Crippen LogP contribution in [0.5, 0.6) is 0 Å². The Morgan fingerprint density at radius 2 is 1.96 bits per heavy atom. The van der Waals surface area contributed by atoms with Crippen LogP contribution in [0.25, 0.3) is 0 Å². The van der Waals surface area contributed by atoms with E-state index in [9.17, 15) is 10.1 Å². The van der Waals surface area contributed by atoms with Crippen molar-refractivity contribution < 1.29 is 4.79 Å². The first-order valence-electron chi connectivity index (χ1n) is 9.60. The molecule has 142 valence electrons. The molecule has 1 N–H and O–H groups in total. The zero-order chi connectivity index (χ0) is 18.6. The van der Waals surface area contributed by atoms with Crippen LogP contribution in [0.3, 0.4) is 0 Å². The third-order valence-electron chi connectivity index (χ3n) is 6.20. The van der Waals surface area contributed by atoms with Gasteiger partial charge in [0.05, 0.1) is 12.6 Å². The summed E-state index contributed by atoms with van der Waals surface area (Å²) in [6.07, 6.45) is 3.63. The highest BCUT2D eigenvalue weighted by molar-refractivity contribution is 5.79. The van der Waals surface area contributed by atoms with Gasteiger partial charge in [-0.25, -0.2) is 0 Å². The minimum absolute atomic E-state index is 0.0574. The van der Waals surface area contributed by atoms with Gasteiger partial charge in [-0.15, -0.1) is 0 Å². The number of nitrogens with zero attached hydrogens (tertiary/aromatic N) is 4. The molecule has 6 nitrogen and oxygen atoms in total. The highest BCUT2D eigenvalue weighted by Gasteiger charge is 2.34. The van der Waals surface area contributed by atoms with Gasteiger partial charge in [-0.2, -0.15) is 5.26 Å². The summed E-state index contributed by atoms with van der Waals surface area (Å²) in [5.74, 6) is 0.0242. The molecule has 2 heterocycles. The van der Waals surface area contributed by atoms with Crippen molar-refractivity contribution >= 4 is 5.91 Å². The predicted molar refractivity (Wildman–Crippen MR) is 100 cm³/mol. The van der Waals surface area contributed by atoms with Gasteiger partial charge in [0, 0.05) is 25.2 Å². The van der Waals surface area contributed by atoms with E-state index in [0.717, 1.165) is 19.5 Å². The predicted octanol–water partition coefficient (Wildman–Crippen LogP) is 1.14. The fourth-order valence-corrected chi connectivity index (χ4v) is 3.81. The van der Waals surface area contributed by atoms with Crippen LogP contribution in [0.15, 0.2) is 0 Å². The van der Waals surface area contributed by atoms with E-state index in [2.05, 4.69) is 33.1 Å². The fourth-order valence-electron chi connectivity index (χ4n) is 3.81. The van der Waals surface area contributed by atoms with Crippen LogP contribution in [0.1, 0.15) is 40.0 Å². The number of nitriles is 1. The maximum atomic E-state index is 12.4. The van der Waals surface area contributed by atoms with Gasteiger partial charge in [0.2, 0.25) is 5.91 Å². The van der Waals surface area contributed by atoms with E-state index in [1.54, 1.807) is 6.92 Å². The van der Waals surface area contributed by atoms with E-state index in [1.165, 1.54) is 25.9 Å². The number of hydrogen-bond acceptors (Lipinski definition) is 5. The summed E-state index contributed by atoms with van der Waals surface area (Å²) in [6, 6.07) is 3.37. The third-order valence-corrected chi connectivity index (χ3v) is 6.20. The van der Waals surface area contributed by atoms with Crippen LogP contribution in [-0.2, 0) is 4.79 Å². The van der Waals surface area contributed by atoms with E-state index in [1.807, 2.05) is 20.9 Å². The summed E-state index contributed by atoms with van der Waals surface area (Å²) in [5.41, 5.74) is -0.798. The SMILES string of the molecule is CC(C)[C@@](C)(C#N)NC(=O)CN(C)[C@H]1CCN(C2CCN(C)CC2)C1. The lowest BCUT2D eigenvalue weighted by atomic mass is 9.90. The Morgan fingerprint density at radius 3 is 2.52 bits per heavy atom. The van der Waals surface area contributed by atoms with Crippen LogP contribution in [0, 0.1) is 17.2 Å². The standard InChI is InChI=1S/C19H35N5O/c1-15(2)19(3,14-20)21-18(25)13-23(5)17-8-11-24(12-17)16-6-9-22(4)10-7-16/h15-17H,6-13H2,1-5H3,(H,21,25)/t17-,19+/m0/s1. The summed E-state index contributed by atoms with van der Waals surface area (Å²) < 4.78 is 0. The summed E-state index contributed by atoms with van der Waals surface area (Å²) >= 11 is 0. The molecule has 0 spiro atoms. The van der Waals surface area contributed by atoms with E-state index in [4.69, 9.17) is 0 Å². The number of rotatable bonds is 6. The zero-order valence-electron chi connectivity index (χ0n) is 16.6. The largest absolute Gasteiger partial charge is 0.337 e. The number of piperidine rings is 1. The second-order valence-corrected chi connectivity index (χ2v) is 8.40. The molecule has 0 aliphatic carbocycles. The number of carbonyl (C=O) groups is 1. The number of nitrogens with one attached hydrogen (secondary N) is 1. The van der Waals surface area contributed by atoms with Gasteiger partial charge in [-0.05, 0) is 59.3 Å². The Bertz CT molecular complexity index is 495. The van der Waals surface area contributed by atoms with Crippen molar-refractivity contribution in [1.82, 2.24) is 20.0 Å². The van der Waals surface area contributed by atoms with Gasteiger partial charge < -0.3 is 10.2 Å². The molecule has 2 saturated heterocycles. The first-order chi connectivity index (χ1) is 11.7. The summed E-state index contributed by atoms with van der Waals surface area (Å²) in [7, 11) is 4.23. The summed E-state index contributed by atoms with van der Waals surface area (Å²) in [4.78, 5) is 19.6. The van der Waals surface area contributed by atoms with E-state index in [-0.39, 0.29) is 11.8 Å². The van der Waals surface area contributed by atoms with Gasteiger partial charge in [0.15, 0.2) is 0 Å². The Morgan fingerprint density at radius 1 is 1.32 bits per heavy atom. The number of carbonyl (C=O) groups excluding carboxylic acids is 1. The molecule has 25 heavy (non-hydrogen) atoms. The average molecular weight is 350 g/mol. The highest BCUT2D eigenvalue weighted by Crippen LogP contribution is 2.23. The molecule has 2 fully saturated rings. The molecule has 6 heteroatoms. The van der Waals surface area contributed by atoms with Crippen molar-refractivity contribution in [3.05, 3.63) is 0 Å². The lowest BCUT2D eigenvalue weighted by Crippen LogP contribution is -2.52. The molecule has 2 aliphatic rings. The van der Waals surface area contributed by atoms with Gasteiger partial charge in [0.1, 0.15) is 5.54 Å². The van der Waals surface area contributed by atoms with Gasteiger partial charge in [-0.1, -0.05) is 13.8 Å². The van der Waals surface area contributed by atoms with E-state index >= 15 is 0 Å². The fraction of sp³-hybridized carbons (Fsp3) is 0.895. The Hall–Kier alpha value is -1.16. The van der Waals surface area contributed by atoms with Crippen molar-refractivity contribution in [2.45, 2.75) is 57.7 Å². The Kier molecular flexibility index (Phi) is 6.84. The van der Waals surface area contributed by atoms with Crippen molar-refractivity contribution in [2.75, 3.05) is 46.8 Å². The van der Waals surface area contributed by atoms with Crippen LogP contribution >= 0.6 is 0 Å². The van der Waals surface area contributed by atoms with Crippen molar-refractivity contribution in [3.8, 4) is 6.07 Å². The van der Waals surface area contributed by atoms with Crippen molar-refractivity contribution in [2.24, 2.45) is 5.92 Å². The molecule has 0 saturated carbocycles. The van der Waals surface area contributed by atoms with Crippen LogP contribution in [0.2, 0.25) is 0 Å². The monoisotopic (exact) mass is 349 g/mol. The molecule has 2 rings (SSSR count). The molecule has 0 radical (unpaired) electrons. The Balaban J connectivity index is 1.81. The number of likely N-dealkylation sites (tertiary alicyclic amines) is 2. The molecule has 0 bridgehead atoms. The second kappa shape index (κ2) is 8.48. The number of likely N-dealkylation sites (N-methyl/N-ethyl adjacent to an activating group) is 1. The van der Waals surface area contributed by atoms with Crippen molar-refractivity contribution in [3.63, 3.8) is 0 Å². The minimum atomic E-state index is -0.798. The second-order valence-electron chi connectivity index (χ2n) is 8.40. The highest BCUT2D eigenvalue weighted by atomic mass is 16.2. The molecule has 0 aromatic heterocycles. The van der Waals surface area contributed by atoms with Crippen LogP contribution in [0.4, 0.5) is 0 Å². The lowest BCUT2D eigenvalue weighted by Gasteiger charge is -2.35. The zero-order valence-corrected chi connectivity index (χ0v) is 16.6. The van der Waals surface area contributed by atoms with Gasteiger partial charge >= 0.3 is 0 Å². The lowest BCUT2D eigenvalue weighted by molar-refractivity contribution is -0.124. The van der Waals surface area contributed by atoms with Crippen LogP contribution in [-0.4, -0.2) is 85.0 Å². The average Bonchev–Trinajstić information content (AvgIpc) is 3.05. The number of hydrogen-bond donors (Lipinski definition) is 1. The quantitative estimate of drug-likeness (QED) is 0.779. The Labute approximate surface area is 153 Å². The maximum Gasteiger partial charge on any atom is 0.235 e. The molecule has 0 aromatic carbocycles. The molecule has 0 unspecified atom stereocenters. The first-order valence-corrected chi connectivity index (χ1v) is 9.60. The third kappa shape index (κ3) is 5.16. The molecular formula is C19H35N5O. The maximum absolute atomic E-state index is 12.4. The summed E-state index contributed by atoms with van der Waals surface area (Å²) in [6.45, 7) is 10.6. The molecule has 2 aliphatic heterocycles. The molecule has 2 atom stereocenters. The molecule has 1 amide bonds. The van der Waals surface area contributed by atoms with E-state index < -0.39 is 5.54 Å². The van der Waals surface area contributed by atoms with Gasteiger partial charge in [0.25, 0.3) is 0 Å². The van der Waals surface area contributed by atoms with Gasteiger partial charge in [-0.3, -0.25) is 14.6 Å². The topological polar surface area (TPSA) is 62.6 Å². The minimum Gasteiger partial charge on any atom is -0.337 e. The smallest absolute Gasteiger partial charge is 0.235 e. The normalized spacial score (nSPS) is 25.9.